The molecule has 0 radical (unpaired) electrons. The van der Waals surface area contributed by atoms with E-state index in [1.165, 1.54) is 68.9 Å². The molecule has 0 bridgehead atoms. The number of carbonyl (C=O) groups is 1. The smallest absolute Gasteiger partial charge is 0.181 e. The number of hydrogen-bond donors (Lipinski definition) is 0. The monoisotopic (exact) mass is 479 g/mol. The van der Waals surface area contributed by atoms with Crippen molar-refractivity contribution in [2.75, 3.05) is 0 Å². The van der Waals surface area contributed by atoms with Crippen LogP contribution in [0.1, 0.15) is 73.0 Å². The van der Waals surface area contributed by atoms with Gasteiger partial charge in [-0.2, -0.15) is 0 Å². The molecule has 0 N–H and O–H groups in total. The summed E-state index contributed by atoms with van der Waals surface area (Å²) in [6, 6.07) is 15.8. The Labute approximate surface area is 206 Å². The maximum absolute atomic E-state index is 12.9. The minimum atomic E-state index is 0.177. The molecule has 5 rings (SSSR count). The number of pyridine rings is 1. The predicted octanol–water partition coefficient (Wildman–Crippen LogP) is 8.51. The highest BCUT2D eigenvalue weighted by molar-refractivity contribution is 6.31. The van der Waals surface area contributed by atoms with Crippen molar-refractivity contribution in [2.24, 2.45) is 17.8 Å². The van der Waals surface area contributed by atoms with Crippen LogP contribution in [0, 0.1) is 17.8 Å². The number of halogens is 2. The predicted molar refractivity (Wildman–Crippen MR) is 137 cm³/mol. The van der Waals surface area contributed by atoms with E-state index in [-0.39, 0.29) is 5.78 Å². The SMILES string of the molecule is O=C(CC1CCC(CCC2CCc3cc(Cl)ccc3C2)CC1)c1ccc2cc(Cl)ccc2n1. The van der Waals surface area contributed by atoms with Crippen molar-refractivity contribution in [1.29, 1.82) is 0 Å². The molecule has 33 heavy (non-hydrogen) atoms. The van der Waals surface area contributed by atoms with Gasteiger partial charge in [-0.05, 0) is 104 Å². The Bertz CT molecular complexity index is 1150. The highest BCUT2D eigenvalue weighted by Crippen LogP contribution is 2.37. The van der Waals surface area contributed by atoms with E-state index >= 15 is 0 Å². The highest BCUT2D eigenvalue weighted by Gasteiger charge is 2.26. The summed E-state index contributed by atoms with van der Waals surface area (Å²) in [7, 11) is 0. The van der Waals surface area contributed by atoms with Gasteiger partial charge in [0.05, 0.1) is 5.52 Å². The molecule has 1 fully saturated rings. The van der Waals surface area contributed by atoms with Crippen molar-refractivity contribution < 1.29 is 4.79 Å². The summed E-state index contributed by atoms with van der Waals surface area (Å²) in [5.74, 6) is 2.32. The number of aromatic nitrogens is 1. The Morgan fingerprint density at radius 2 is 1.52 bits per heavy atom. The molecule has 2 nitrogen and oxygen atoms in total. The maximum atomic E-state index is 12.9. The largest absolute Gasteiger partial charge is 0.292 e. The Morgan fingerprint density at radius 3 is 2.36 bits per heavy atom. The van der Waals surface area contributed by atoms with E-state index in [2.05, 4.69) is 17.1 Å². The number of fused-ring (bicyclic) bond motifs is 2. The van der Waals surface area contributed by atoms with Crippen LogP contribution < -0.4 is 0 Å². The lowest BCUT2D eigenvalue weighted by atomic mass is 9.75. The number of Topliss-reactive ketones (excluding diaryl/α,β-unsaturated/α-hetero) is 1. The number of benzene rings is 2. The van der Waals surface area contributed by atoms with Crippen LogP contribution in [0.5, 0.6) is 0 Å². The number of carbonyl (C=O) groups excluding carboxylic acids is 1. The van der Waals surface area contributed by atoms with E-state index in [0.29, 0.717) is 23.1 Å². The molecule has 2 aliphatic rings. The lowest BCUT2D eigenvalue weighted by Crippen LogP contribution is -2.20. The Kier molecular flexibility index (Phi) is 7.04. The molecule has 1 saturated carbocycles. The first-order valence-corrected chi connectivity index (χ1v) is 13.2. The lowest BCUT2D eigenvalue weighted by molar-refractivity contribution is 0.0936. The molecule has 2 aromatic carbocycles. The third-order valence-electron chi connectivity index (χ3n) is 7.86. The molecule has 172 valence electrons. The summed E-state index contributed by atoms with van der Waals surface area (Å²) in [6.07, 6.45) is 11.8. The van der Waals surface area contributed by atoms with Crippen LogP contribution >= 0.6 is 23.2 Å². The summed E-state index contributed by atoms with van der Waals surface area (Å²) < 4.78 is 0. The molecule has 1 atom stereocenters. The summed E-state index contributed by atoms with van der Waals surface area (Å²) in [6.45, 7) is 0. The second-order valence-corrected chi connectivity index (χ2v) is 11.0. The van der Waals surface area contributed by atoms with Gasteiger partial charge in [-0.3, -0.25) is 4.79 Å². The Hall–Kier alpha value is -1.90. The van der Waals surface area contributed by atoms with Crippen molar-refractivity contribution in [3.63, 3.8) is 0 Å². The molecule has 4 heteroatoms. The van der Waals surface area contributed by atoms with Crippen LogP contribution in [-0.2, 0) is 12.8 Å². The average Bonchev–Trinajstić information content (AvgIpc) is 2.83. The topological polar surface area (TPSA) is 30.0 Å². The molecule has 0 amide bonds. The number of aryl methyl sites for hydroxylation is 1. The van der Waals surface area contributed by atoms with Crippen molar-refractivity contribution in [3.05, 3.63) is 75.4 Å². The van der Waals surface area contributed by atoms with E-state index in [0.717, 1.165) is 27.8 Å². The molecule has 0 saturated heterocycles. The number of ketones is 1. The van der Waals surface area contributed by atoms with E-state index in [1.807, 2.05) is 36.4 Å². The third kappa shape index (κ3) is 5.61. The van der Waals surface area contributed by atoms with Crippen LogP contribution in [0.25, 0.3) is 10.9 Å². The number of nitrogens with zero attached hydrogens (tertiary/aromatic N) is 1. The van der Waals surface area contributed by atoms with Crippen molar-refractivity contribution in [2.45, 2.75) is 64.2 Å². The molecule has 0 aliphatic heterocycles. The molecule has 0 spiro atoms. The molecule has 1 aromatic heterocycles. The van der Waals surface area contributed by atoms with Crippen molar-refractivity contribution >= 4 is 39.9 Å². The normalized spacial score (nSPS) is 22.8. The zero-order valence-corrected chi connectivity index (χ0v) is 20.5. The van der Waals surface area contributed by atoms with Crippen molar-refractivity contribution in [3.8, 4) is 0 Å². The van der Waals surface area contributed by atoms with Gasteiger partial charge in [-0.15, -0.1) is 0 Å². The maximum Gasteiger partial charge on any atom is 0.181 e. The first-order valence-electron chi connectivity index (χ1n) is 12.4. The molecule has 1 unspecified atom stereocenters. The second-order valence-electron chi connectivity index (χ2n) is 10.1. The van der Waals surface area contributed by atoms with Gasteiger partial charge < -0.3 is 0 Å². The number of hydrogen-bond acceptors (Lipinski definition) is 2. The summed E-state index contributed by atoms with van der Waals surface area (Å²) in [4.78, 5) is 17.4. The second kappa shape index (κ2) is 10.2. The van der Waals surface area contributed by atoms with Gasteiger partial charge in [0, 0.05) is 21.9 Å². The Morgan fingerprint density at radius 1 is 0.788 bits per heavy atom. The zero-order valence-electron chi connectivity index (χ0n) is 19.0. The first kappa shape index (κ1) is 22.9. The lowest BCUT2D eigenvalue weighted by Gasteiger charge is -2.30. The number of rotatable bonds is 6. The quantitative estimate of drug-likeness (QED) is 0.331. The van der Waals surface area contributed by atoms with Gasteiger partial charge in [-0.25, -0.2) is 4.98 Å². The van der Waals surface area contributed by atoms with Gasteiger partial charge in [0.15, 0.2) is 5.78 Å². The summed E-state index contributed by atoms with van der Waals surface area (Å²) in [5, 5.41) is 2.53. The van der Waals surface area contributed by atoms with Gasteiger partial charge in [0.25, 0.3) is 0 Å². The zero-order chi connectivity index (χ0) is 22.8. The van der Waals surface area contributed by atoms with Gasteiger partial charge >= 0.3 is 0 Å². The standard InChI is InChI=1S/C29H31Cl2NO/c30-25-11-9-22-15-20(7-8-23(22)17-25)4-1-19-2-5-21(6-3-19)16-29(33)28-13-10-24-18-26(31)12-14-27(24)32-28/h9-14,17-21H,1-8,15-16H2. The molecule has 2 aliphatic carbocycles. The van der Waals surface area contributed by atoms with Crippen molar-refractivity contribution in [1.82, 2.24) is 4.98 Å². The molecular weight excluding hydrogens is 449 g/mol. The first-order chi connectivity index (χ1) is 16.0. The average molecular weight is 480 g/mol. The van der Waals surface area contributed by atoms with Crippen LogP contribution in [0.15, 0.2) is 48.5 Å². The fraction of sp³-hybridized carbons (Fsp3) is 0.448. The van der Waals surface area contributed by atoms with Crippen LogP contribution in [0.4, 0.5) is 0 Å². The fourth-order valence-electron chi connectivity index (χ4n) is 5.86. The molecule has 3 aromatic rings. The van der Waals surface area contributed by atoms with Gasteiger partial charge in [0.1, 0.15) is 5.69 Å². The molecule has 1 heterocycles. The minimum Gasteiger partial charge on any atom is -0.292 e. The minimum absolute atomic E-state index is 0.177. The van der Waals surface area contributed by atoms with Crippen LogP contribution in [-0.4, -0.2) is 10.8 Å². The highest BCUT2D eigenvalue weighted by atomic mass is 35.5. The van der Waals surface area contributed by atoms with E-state index in [1.54, 1.807) is 0 Å². The van der Waals surface area contributed by atoms with E-state index < -0.39 is 0 Å². The van der Waals surface area contributed by atoms with Crippen LogP contribution in [0.2, 0.25) is 10.0 Å². The Balaban J connectivity index is 1.08. The van der Waals surface area contributed by atoms with Gasteiger partial charge in [0.2, 0.25) is 0 Å². The summed E-state index contributed by atoms with van der Waals surface area (Å²) in [5.41, 5.74) is 4.38. The van der Waals surface area contributed by atoms with Gasteiger partial charge in [-0.1, -0.05) is 54.6 Å². The third-order valence-corrected chi connectivity index (χ3v) is 8.33. The fourth-order valence-corrected chi connectivity index (χ4v) is 6.23. The van der Waals surface area contributed by atoms with Crippen LogP contribution in [0.3, 0.4) is 0 Å². The van der Waals surface area contributed by atoms with E-state index in [9.17, 15) is 4.79 Å². The molecular formula is C29H31Cl2NO. The van der Waals surface area contributed by atoms with E-state index in [4.69, 9.17) is 23.2 Å². The summed E-state index contributed by atoms with van der Waals surface area (Å²) >= 11 is 12.2.